The standard InChI is InChI=1S/C15H18ClFN4O2/c1-3-6-20(7-8-22)15(23)14-10(2)21(19-18-14)11-4-5-13(17)12(16)9-11/h4-5,9,22H,3,6-8H2,1-2H3. The Morgan fingerprint density at radius 2 is 2.17 bits per heavy atom. The van der Waals surface area contributed by atoms with Crippen molar-refractivity contribution in [1.29, 1.82) is 0 Å². The molecule has 1 aromatic heterocycles. The molecule has 0 radical (unpaired) electrons. The van der Waals surface area contributed by atoms with E-state index in [0.29, 0.717) is 17.9 Å². The van der Waals surface area contributed by atoms with Crippen LogP contribution in [-0.4, -0.2) is 50.6 Å². The number of aliphatic hydroxyl groups is 1. The minimum atomic E-state index is -0.526. The molecule has 1 heterocycles. The summed E-state index contributed by atoms with van der Waals surface area (Å²) in [5, 5.41) is 16.9. The molecule has 0 atom stereocenters. The van der Waals surface area contributed by atoms with Crippen molar-refractivity contribution in [2.24, 2.45) is 0 Å². The largest absolute Gasteiger partial charge is 0.395 e. The quantitative estimate of drug-likeness (QED) is 0.875. The highest BCUT2D eigenvalue weighted by Crippen LogP contribution is 2.20. The summed E-state index contributed by atoms with van der Waals surface area (Å²) in [5.74, 6) is -0.820. The summed E-state index contributed by atoms with van der Waals surface area (Å²) in [6.07, 6.45) is 0.770. The molecule has 8 heteroatoms. The fourth-order valence-corrected chi connectivity index (χ4v) is 2.42. The summed E-state index contributed by atoms with van der Waals surface area (Å²) in [6, 6.07) is 4.16. The number of aliphatic hydroxyl groups excluding tert-OH is 1. The van der Waals surface area contributed by atoms with Gasteiger partial charge in [-0.05, 0) is 31.5 Å². The van der Waals surface area contributed by atoms with Crippen molar-refractivity contribution < 1.29 is 14.3 Å². The van der Waals surface area contributed by atoms with E-state index in [1.54, 1.807) is 6.92 Å². The Bertz CT molecular complexity index is 699. The molecule has 0 bridgehead atoms. The summed E-state index contributed by atoms with van der Waals surface area (Å²) in [7, 11) is 0. The first-order chi connectivity index (χ1) is 11.0. The van der Waals surface area contributed by atoms with Crippen LogP contribution >= 0.6 is 11.6 Å². The molecule has 0 fully saturated rings. The van der Waals surface area contributed by atoms with E-state index in [2.05, 4.69) is 10.3 Å². The molecule has 124 valence electrons. The fraction of sp³-hybridized carbons (Fsp3) is 0.400. The molecule has 0 aliphatic carbocycles. The van der Waals surface area contributed by atoms with Gasteiger partial charge in [0.25, 0.3) is 5.91 Å². The maximum atomic E-state index is 13.3. The lowest BCUT2D eigenvalue weighted by Crippen LogP contribution is -2.34. The van der Waals surface area contributed by atoms with Crippen LogP contribution in [-0.2, 0) is 0 Å². The smallest absolute Gasteiger partial charge is 0.276 e. The van der Waals surface area contributed by atoms with Crippen molar-refractivity contribution in [2.45, 2.75) is 20.3 Å². The lowest BCUT2D eigenvalue weighted by Gasteiger charge is -2.20. The van der Waals surface area contributed by atoms with Gasteiger partial charge in [-0.25, -0.2) is 9.07 Å². The van der Waals surface area contributed by atoms with Crippen molar-refractivity contribution in [2.75, 3.05) is 19.7 Å². The van der Waals surface area contributed by atoms with Gasteiger partial charge in [0.15, 0.2) is 5.69 Å². The first kappa shape index (κ1) is 17.4. The maximum absolute atomic E-state index is 13.3. The Kier molecular flexibility index (Phi) is 5.68. The van der Waals surface area contributed by atoms with E-state index >= 15 is 0 Å². The van der Waals surface area contributed by atoms with Crippen LogP contribution in [0.5, 0.6) is 0 Å². The Hall–Kier alpha value is -1.99. The van der Waals surface area contributed by atoms with Gasteiger partial charge in [-0.1, -0.05) is 23.7 Å². The third-order valence-corrected chi connectivity index (χ3v) is 3.69. The van der Waals surface area contributed by atoms with Crippen LogP contribution in [0.4, 0.5) is 4.39 Å². The monoisotopic (exact) mass is 340 g/mol. The number of nitrogens with zero attached hydrogens (tertiary/aromatic N) is 4. The van der Waals surface area contributed by atoms with Crippen molar-refractivity contribution in [3.8, 4) is 5.69 Å². The van der Waals surface area contributed by atoms with E-state index in [1.807, 2.05) is 6.92 Å². The summed E-state index contributed by atoms with van der Waals surface area (Å²) in [6.45, 7) is 4.29. The molecule has 0 aliphatic heterocycles. The molecule has 0 unspecified atom stereocenters. The van der Waals surface area contributed by atoms with E-state index in [0.717, 1.165) is 6.42 Å². The molecule has 2 rings (SSSR count). The SMILES string of the molecule is CCCN(CCO)C(=O)c1nnn(-c2ccc(F)c(Cl)c2)c1C. The second kappa shape index (κ2) is 7.52. The number of rotatable bonds is 6. The lowest BCUT2D eigenvalue weighted by atomic mass is 10.2. The van der Waals surface area contributed by atoms with E-state index in [1.165, 1.54) is 27.8 Å². The van der Waals surface area contributed by atoms with E-state index < -0.39 is 5.82 Å². The number of benzene rings is 1. The minimum Gasteiger partial charge on any atom is -0.395 e. The Morgan fingerprint density at radius 3 is 2.78 bits per heavy atom. The zero-order valence-electron chi connectivity index (χ0n) is 13.0. The third-order valence-electron chi connectivity index (χ3n) is 3.40. The number of aromatic nitrogens is 3. The number of halogens is 2. The molecule has 0 spiro atoms. The van der Waals surface area contributed by atoms with Crippen LogP contribution in [0.1, 0.15) is 29.5 Å². The van der Waals surface area contributed by atoms with Crippen LogP contribution in [0.2, 0.25) is 5.02 Å². The van der Waals surface area contributed by atoms with Crippen molar-refractivity contribution in [3.05, 3.63) is 40.4 Å². The van der Waals surface area contributed by atoms with Gasteiger partial charge in [0.05, 0.1) is 23.0 Å². The van der Waals surface area contributed by atoms with E-state index in [4.69, 9.17) is 16.7 Å². The Morgan fingerprint density at radius 1 is 1.43 bits per heavy atom. The Labute approximate surface area is 138 Å². The molecule has 6 nitrogen and oxygen atoms in total. The highest BCUT2D eigenvalue weighted by molar-refractivity contribution is 6.30. The van der Waals surface area contributed by atoms with Gasteiger partial charge in [0.2, 0.25) is 0 Å². The lowest BCUT2D eigenvalue weighted by molar-refractivity contribution is 0.0715. The molecule has 1 amide bonds. The summed E-state index contributed by atoms with van der Waals surface area (Å²) in [4.78, 5) is 14.1. The van der Waals surface area contributed by atoms with Crippen LogP contribution in [0.15, 0.2) is 18.2 Å². The van der Waals surface area contributed by atoms with Crippen molar-refractivity contribution in [3.63, 3.8) is 0 Å². The van der Waals surface area contributed by atoms with Gasteiger partial charge in [-0.3, -0.25) is 4.79 Å². The van der Waals surface area contributed by atoms with E-state index in [-0.39, 0.29) is 29.8 Å². The van der Waals surface area contributed by atoms with Crippen LogP contribution in [0.3, 0.4) is 0 Å². The average Bonchev–Trinajstić information content (AvgIpc) is 2.91. The number of hydrogen-bond donors (Lipinski definition) is 1. The molecule has 1 aromatic carbocycles. The summed E-state index contributed by atoms with van der Waals surface area (Å²) in [5.41, 5.74) is 1.24. The van der Waals surface area contributed by atoms with E-state index in [9.17, 15) is 9.18 Å². The molecule has 1 N–H and O–H groups in total. The molecule has 23 heavy (non-hydrogen) atoms. The van der Waals surface area contributed by atoms with Crippen molar-refractivity contribution in [1.82, 2.24) is 19.9 Å². The van der Waals surface area contributed by atoms with Crippen LogP contribution < -0.4 is 0 Å². The van der Waals surface area contributed by atoms with Gasteiger partial charge < -0.3 is 10.0 Å². The second-order valence-corrected chi connectivity index (χ2v) is 5.46. The predicted octanol–water partition coefficient (Wildman–Crippen LogP) is 2.21. The summed E-state index contributed by atoms with van der Waals surface area (Å²) >= 11 is 5.78. The number of carbonyl (C=O) groups is 1. The van der Waals surface area contributed by atoms with Gasteiger partial charge in [-0.15, -0.1) is 5.10 Å². The van der Waals surface area contributed by atoms with Gasteiger partial charge in [-0.2, -0.15) is 0 Å². The van der Waals surface area contributed by atoms with Gasteiger partial charge >= 0.3 is 0 Å². The Balaban J connectivity index is 2.34. The molecule has 2 aromatic rings. The molecule has 0 saturated carbocycles. The first-order valence-electron chi connectivity index (χ1n) is 7.27. The average molecular weight is 341 g/mol. The minimum absolute atomic E-state index is 0.0295. The summed E-state index contributed by atoms with van der Waals surface area (Å²) < 4.78 is 14.7. The fourth-order valence-electron chi connectivity index (χ4n) is 2.24. The number of carbonyl (C=O) groups excluding carboxylic acids is 1. The normalized spacial score (nSPS) is 10.8. The molecule has 0 saturated heterocycles. The van der Waals surface area contributed by atoms with Crippen molar-refractivity contribution >= 4 is 17.5 Å². The topological polar surface area (TPSA) is 71.2 Å². The zero-order chi connectivity index (χ0) is 17.0. The number of amides is 1. The predicted molar refractivity (Wildman–Crippen MR) is 84.3 cm³/mol. The molecular weight excluding hydrogens is 323 g/mol. The number of hydrogen-bond acceptors (Lipinski definition) is 4. The highest BCUT2D eigenvalue weighted by Gasteiger charge is 2.22. The second-order valence-electron chi connectivity index (χ2n) is 5.05. The zero-order valence-corrected chi connectivity index (χ0v) is 13.7. The third kappa shape index (κ3) is 3.68. The molecule has 0 aliphatic rings. The van der Waals surface area contributed by atoms with Gasteiger partial charge in [0.1, 0.15) is 5.82 Å². The van der Waals surface area contributed by atoms with Gasteiger partial charge in [0, 0.05) is 13.1 Å². The van der Waals surface area contributed by atoms with Crippen LogP contribution in [0, 0.1) is 12.7 Å². The van der Waals surface area contributed by atoms with Crippen LogP contribution in [0.25, 0.3) is 5.69 Å². The first-order valence-corrected chi connectivity index (χ1v) is 7.65. The maximum Gasteiger partial charge on any atom is 0.276 e. The highest BCUT2D eigenvalue weighted by atomic mass is 35.5. The molecular formula is C15H18ClFN4O2.